The molecular formula is C9H11BrN4. The molecule has 0 fully saturated rings. The first-order chi connectivity index (χ1) is 6.59. The van der Waals surface area contributed by atoms with Crippen molar-refractivity contribution in [1.82, 2.24) is 14.8 Å². The zero-order valence-corrected chi connectivity index (χ0v) is 9.62. The van der Waals surface area contributed by atoms with E-state index in [1.807, 2.05) is 10.7 Å². The molecule has 0 saturated carbocycles. The van der Waals surface area contributed by atoms with Crippen LogP contribution in [-0.4, -0.2) is 14.8 Å². The molecule has 74 valence electrons. The van der Waals surface area contributed by atoms with Gasteiger partial charge in [-0.05, 0) is 35.8 Å². The highest BCUT2D eigenvalue weighted by Gasteiger charge is 2.11. The molecule has 2 heterocycles. The molecule has 0 amide bonds. The maximum absolute atomic E-state index is 5.68. The van der Waals surface area contributed by atoms with Crippen molar-refractivity contribution in [3.63, 3.8) is 0 Å². The molecule has 0 radical (unpaired) electrons. The van der Waals surface area contributed by atoms with E-state index in [-0.39, 0.29) is 0 Å². The van der Waals surface area contributed by atoms with E-state index in [0.717, 1.165) is 15.6 Å². The minimum atomic E-state index is 0.299. The first kappa shape index (κ1) is 9.45. The summed E-state index contributed by atoms with van der Waals surface area (Å²) < 4.78 is 2.67. The maximum atomic E-state index is 5.68. The molecule has 0 aromatic carbocycles. The van der Waals surface area contributed by atoms with Crippen LogP contribution in [-0.2, 0) is 0 Å². The molecule has 0 atom stereocenters. The van der Waals surface area contributed by atoms with E-state index in [4.69, 9.17) is 5.73 Å². The van der Waals surface area contributed by atoms with Gasteiger partial charge in [0.05, 0.1) is 17.4 Å². The predicted molar refractivity (Wildman–Crippen MR) is 60.0 cm³/mol. The summed E-state index contributed by atoms with van der Waals surface area (Å²) in [4.78, 5) is 4.23. The summed E-state index contributed by atoms with van der Waals surface area (Å²) in [5.74, 6) is 0. The zero-order valence-electron chi connectivity index (χ0n) is 8.03. The Hall–Kier alpha value is -1.10. The highest BCUT2D eigenvalue weighted by Crippen LogP contribution is 2.24. The summed E-state index contributed by atoms with van der Waals surface area (Å²) in [5.41, 5.74) is 8.16. The first-order valence-corrected chi connectivity index (χ1v) is 5.18. The second-order valence-corrected chi connectivity index (χ2v) is 4.22. The van der Waals surface area contributed by atoms with Crippen LogP contribution >= 0.6 is 15.9 Å². The first-order valence-electron chi connectivity index (χ1n) is 4.39. The Morgan fingerprint density at radius 1 is 1.50 bits per heavy atom. The van der Waals surface area contributed by atoms with Gasteiger partial charge in [0, 0.05) is 6.04 Å². The number of fused-ring (bicyclic) bond motifs is 1. The molecule has 0 spiro atoms. The van der Waals surface area contributed by atoms with E-state index in [9.17, 15) is 0 Å². The van der Waals surface area contributed by atoms with Crippen molar-refractivity contribution in [2.45, 2.75) is 19.9 Å². The van der Waals surface area contributed by atoms with Crippen LogP contribution in [0, 0.1) is 0 Å². The van der Waals surface area contributed by atoms with E-state index < -0.39 is 0 Å². The number of nitrogens with two attached hydrogens (primary N) is 1. The Morgan fingerprint density at radius 3 is 2.86 bits per heavy atom. The number of nitrogen functional groups attached to an aromatic ring is 1. The van der Waals surface area contributed by atoms with Crippen molar-refractivity contribution in [3.05, 3.63) is 16.9 Å². The summed E-state index contributed by atoms with van der Waals surface area (Å²) in [5, 5.41) is 4.35. The van der Waals surface area contributed by atoms with E-state index >= 15 is 0 Å². The average Bonchev–Trinajstić information content (AvgIpc) is 2.43. The van der Waals surface area contributed by atoms with Crippen molar-refractivity contribution in [3.8, 4) is 0 Å². The standard InChI is InChI=1S/C9H11BrN4/c1-5(2)14-7-3-6(11)4-12-8(7)9(10)13-14/h3-5H,11H2,1-2H3. The Morgan fingerprint density at radius 2 is 2.21 bits per heavy atom. The Balaban J connectivity index is 2.79. The number of pyridine rings is 1. The van der Waals surface area contributed by atoms with Gasteiger partial charge in [0.2, 0.25) is 0 Å². The second kappa shape index (κ2) is 3.24. The van der Waals surface area contributed by atoms with Gasteiger partial charge in [0.15, 0.2) is 4.60 Å². The predicted octanol–water partition coefficient (Wildman–Crippen LogP) is 2.36. The molecule has 14 heavy (non-hydrogen) atoms. The van der Waals surface area contributed by atoms with Gasteiger partial charge in [-0.25, -0.2) is 4.98 Å². The van der Waals surface area contributed by atoms with Crippen molar-refractivity contribution < 1.29 is 0 Å². The number of anilines is 1. The normalized spacial score (nSPS) is 11.4. The number of hydrogen-bond donors (Lipinski definition) is 1. The van der Waals surface area contributed by atoms with Crippen LogP contribution in [0.3, 0.4) is 0 Å². The summed E-state index contributed by atoms with van der Waals surface area (Å²) in [6, 6.07) is 2.19. The summed E-state index contributed by atoms with van der Waals surface area (Å²) in [7, 11) is 0. The third-order valence-electron chi connectivity index (χ3n) is 2.02. The van der Waals surface area contributed by atoms with Crippen LogP contribution in [0.15, 0.2) is 16.9 Å². The zero-order chi connectivity index (χ0) is 10.3. The molecule has 0 bridgehead atoms. The topological polar surface area (TPSA) is 56.7 Å². The van der Waals surface area contributed by atoms with Gasteiger partial charge < -0.3 is 5.73 Å². The van der Waals surface area contributed by atoms with Gasteiger partial charge in [-0.2, -0.15) is 5.10 Å². The minimum absolute atomic E-state index is 0.299. The van der Waals surface area contributed by atoms with Crippen molar-refractivity contribution in [2.24, 2.45) is 0 Å². The second-order valence-electron chi connectivity index (χ2n) is 3.47. The number of nitrogens with zero attached hydrogens (tertiary/aromatic N) is 3. The van der Waals surface area contributed by atoms with Gasteiger partial charge in [-0.15, -0.1) is 0 Å². The van der Waals surface area contributed by atoms with Crippen LogP contribution in [0.1, 0.15) is 19.9 Å². The third-order valence-corrected chi connectivity index (χ3v) is 2.55. The van der Waals surface area contributed by atoms with Crippen LogP contribution in [0.2, 0.25) is 0 Å². The molecule has 2 aromatic heterocycles. The highest BCUT2D eigenvalue weighted by molar-refractivity contribution is 9.10. The molecule has 2 aromatic rings. The monoisotopic (exact) mass is 254 g/mol. The van der Waals surface area contributed by atoms with Crippen molar-refractivity contribution in [1.29, 1.82) is 0 Å². The Labute approximate surface area is 90.2 Å². The lowest BCUT2D eigenvalue weighted by molar-refractivity contribution is 0.548. The quantitative estimate of drug-likeness (QED) is 0.850. The van der Waals surface area contributed by atoms with Gasteiger partial charge in [0.1, 0.15) is 5.52 Å². The van der Waals surface area contributed by atoms with Gasteiger partial charge in [0.25, 0.3) is 0 Å². The Kier molecular flexibility index (Phi) is 2.19. The van der Waals surface area contributed by atoms with E-state index in [2.05, 4.69) is 39.9 Å². The van der Waals surface area contributed by atoms with E-state index in [1.54, 1.807) is 6.20 Å². The lowest BCUT2D eigenvalue weighted by atomic mass is 10.3. The molecule has 5 heteroatoms. The molecular weight excluding hydrogens is 244 g/mol. The van der Waals surface area contributed by atoms with Gasteiger partial charge >= 0.3 is 0 Å². The number of halogens is 1. The molecule has 0 aliphatic carbocycles. The fourth-order valence-corrected chi connectivity index (χ4v) is 1.87. The fourth-order valence-electron chi connectivity index (χ4n) is 1.39. The SMILES string of the molecule is CC(C)n1nc(Br)c2ncc(N)cc21. The smallest absolute Gasteiger partial charge is 0.154 e. The molecule has 0 aliphatic heterocycles. The van der Waals surface area contributed by atoms with Gasteiger partial charge in [-0.1, -0.05) is 0 Å². The molecule has 0 aliphatic rings. The lowest BCUT2D eigenvalue weighted by Crippen LogP contribution is -2.02. The number of aromatic nitrogens is 3. The number of hydrogen-bond acceptors (Lipinski definition) is 3. The molecule has 0 unspecified atom stereocenters. The highest BCUT2D eigenvalue weighted by atomic mass is 79.9. The molecule has 2 rings (SSSR count). The van der Waals surface area contributed by atoms with Crippen LogP contribution < -0.4 is 5.73 Å². The summed E-state index contributed by atoms with van der Waals surface area (Å²) >= 11 is 3.38. The summed E-state index contributed by atoms with van der Waals surface area (Å²) in [6.07, 6.45) is 1.64. The Bertz CT molecular complexity index is 475. The van der Waals surface area contributed by atoms with E-state index in [0.29, 0.717) is 11.7 Å². The minimum Gasteiger partial charge on any atom is -0.397 e. The van der Waals surface area contributed by atoms with Gasteiger partial charge in [-0.3, -0.25) is 4.68 Å². The maximum Gasteiger partial charge on any atom is 0.154 e. The third kappa shape index (κ3) is 1.37. The lowest BCUT2D eigenvalue weighted by Gasteiger charge is -2.06. The van der Waals surface area contributed by atoms with Crippen molar-refractivity contribution >= 4 is 32.7 Å². The van der Waals surface area contributed by atoms with Crippen LogP contribution in [0.25, 0.3) is 11.0 Å². The molecule has 0 saturated heterocycles. The van der Waals surface area contributed by atoms with Crippen molar-refractivity contribution in [2.75, 3.05) is 5.73 Å². The molecule has 2 N–H and O–H groups in total. The van der Waals surface area contributed by atoms with Crippen LogP contribution in [0.4, 0.5) is 5.69 Å². The van der Waals surface area contributed by atoms with E-state index in [1.165, 1.54) is 0 Å². The largest absolute Gasteiger partial charge is 0.397 e. The molecule has 4 nitrogen and oxygen atoms in total. The summed E-state index contributed by atoms with van der Waals surface area (Å²) in [6.45, 7) is 4.14. The number of rotatable bonds is 1. The fraction of sp³-hybridized carbons (Fsp3) is 0.333. The van der Waals surface area contributed by atoms with Crippen LogP contribution in [0.5, 0.6) is 0 Å². The average molecular weight is 255 g/mol.